The molecule has 9 heteroatoms. The van der Waals surface area contributed by atoms with Crippen molar-refractivity contribution >= 4 is 23.1 Å². The lowest BCUT2D eigenvalue weighted by molar-refractivity contribution is -0.138. The van der Waals surface area contributed by atoms with Gasteiger partial charge in [0, 0.05) is 23.0 Å². The zero-order chi connectivity index (χ0) is 26.5. The Morgan fingerprint density at radius 1 is 1.11 bits per heavy atom. The van der Waals surface area contributed by atoms with Crippen LogP contribution in [0.15, 0.2) is 72.6 Å². The molecular weight excluding hydrogens is 491 g/mol. The predicted molar refractivity (Wildman–Crippen MR) is 131 cm³/mol. The van der Waals surface area contributed by atoms with Crippen molar-refractivity contribution in [1.29, 1.82) is 5.26 Å². The number of carbonyl (C=O) groups is 1. The Morgan fingerprint density at radius 3 is 2.39 bits per heavy atom. The second kappa shape index (κ2) is 10.8. The molecule has 0 bridgehead atoms. The number of hydrogen-bond acceptors (Lipinski definition) is 4. The molecular formula is C27H23ClF3N3O2. The number of halogens is 4. The fourth-order valence-corrected chi connectivity index (χ4v) is 3.47. The third kappa shape index (κ3) is 6.86. The third-order valence-electron chi connectivity index (χ3n) is 5.36. The van der Waals surface area contributed by atoms with Crippen molar-refractivity contribution in [2.75, 3.05) is 0 Å². The van der Waals surface area contributed by atoms with E-state index in [2.05, 4.69) is 16.4 Å². The highest BCUT2D eigenvalue weighted by atomic mass is 35.5. The molecule has 0 fully saturated rings. The number of benzene rings is 2. The number of allylic oxidation sites excluding steroid dienone is 2. The number of rotatable bonds is 7. The molecule has 5 nitrogen and oxygen atoms in total. The van der Waals surface area contributed by atoms with Gasteiger partial charge in [-0.1, -0.05) is 35.9 Å². The molecule has 1 amide bonds. The Labute approximate surface area is 212 Å². The molecule has 186 valence electrons. The van der Waals surface area contributed by atoms with Crippen LogP contribution in [0.3, 0.4) is 0 Å². The Balaban J connectivity index is 1.87. The quantitative estimate of drug-likeness (QED) is 0.387. The van der Waals surface area contributed by atoms with Gasteiger partial charge in [0.25, 0.3) is 5.91 Å². The number of nitrogens with one attached hydrogen (secondary N) is 1. The molecule has 0 aliphatic heterocycles. The summed E-state index contributed by atoms with van der Waals surface area (Å²) >= 11 is 6.00. The topological polar surface area (TPSA) is 75.0 Å². The zero-order valence-electron chi connectivity index (χ0n) is 19.8. The van der Waals surface area contributed by atoms with Crippen LogP contribution in [0, 0.1) is 11.3 Å². The van der Waals surface area contributed by atoms with Crippen molar-refractivity contribution in [3.8, 4) is 11.9 Å². The van der Waals surface area contributed by atoms with Crippen LogP contribution < -0.4 is 10.1 Å². The number of hydrogen-bond donors (Lipinski definition) is 1. The van der Waals surface area contributed by atoms with Crippen molar-refractivity contribution in [2.24, 2.45) is 0 Å². The van der Waals surface area contributed by atoms with Gasteiger partial charge in [-0.15, -0.1) is 0 Å². The SMILES string of the molecule is CC(NC(=O)C(C)(C)Oc1ccc(C(F)(F)F)cn1)=C(Cc1ccc(Cl)cc1)c1cccc(C#N)c1. The number of pyridine rings is 1. The Morgan fingerprint density at radius 2 is 1.81 bits per heavy atom. The van der Waals surface area contributed by atoms with Gasteiger partial charge in [-0.3, -0.25) is 4.79 Å². The summed E-state index contributed by atoms with van der Waals surface area (Å²) in [4.78, 5) is 16.8. The number of ether oxygens (including phenoxy) is 1. The second-order valence-electron chi connectivity index (χ2n) is 8.55. The molecule has 0 unspecified atom stereocenters. The van der Waals surface area contributed by atoms with Crippen molar-refractivity contribution in [3.63, 3.8) is 0 Å². The number of alkyl halides is 3. The lowest BCUT2D eigenvalue weighted by Crippen LogP contribution is -2.46. The Kier molecular flexibility index (Phi) is 8.06. The summed E-state index contributed by atoms with van der Waals surface area (Å²) in [6, 6.07) is 18.3. The van der Waals surface area contributed by atoms with Crippen LogP contribution in [0.4, 0.5) is 13.2 Å². The molecule has 2 aromatic carbocycles. The van der Waals surface area contributed by atoms with Crippen molar-refractivity contribution < 1.29 is 22.7 Å². The summed E-state index contributed by atoms with van der Waals surface area (Å²) in [5.74, 6) is -0.639. The van der Waals surface area contributed by atoms with Gasteiger partial charge in [0.2, 0.25) is 5.88 Å². The Hall–Kier alpha value is -3.83. The minimum absolute atomic E-state index is 0.118. The van der Waals surface area contributed by atoms with E-state index < -0.39 is 23.2 Å². The van der Waals surface area contributed by atoms with E-state index in [-0.39, 0.29) is 5.88 Å². The maximum Gasteiger partial charge on any atom is 0.417 e. The minimum Gasteiger partial charge on any atom is -0.462 e. The van der Waals surface area contributed by atoms with Crippen LogP contribution in [0.25, 0.3) is 5.57 Å². The highest BCUT2D eigenvalue weighted by molar-refractivity contribution is 6.30. The first-order valence-corrected chi connectivity index (χ1v) is 11.3. The molecule has 3 aromatic rings. The second-order valence-corrected chi connectivity index (χ2v) is 8.99. The standard InChI is InChI=1S/C27H23ClF3N3O2/c1-17(34-25(35)26(2,3)36-24-12-9-21(16-33-24)27(29,30)31)23(14-18-7-10-22(28)11-8-18)20-6-4-5-19(13-20)15-32/h4-13,16H,14H2,1-3H3,(H,34,35). The summed E-state index contributed by atoms with van der Waals surface area (Å²) in [6.45, 7) is 4.71. The molecule has 0 aliphatic carbocycles. The van der Waals surface area contributed by atoms with Crippen LogP contribution >= 0.6 is 11.6 Å². The van der Waals surface area contributed by atoms with E-state index in [1.165, 1.54) is 13.8 Å². The highest BCUT2D eigenvalue weighted by Crippen LogP contribution is 2.30. The molecule has 0 saturated heterocycles. The number of amides is 1. The van der Waals surface area contributed by atoms with Gasteiger partial charge in [-0.25, -0.2) is 4.98 Å². The molecule has 1 N–H and O–H groups in total. The van der Waals surface area contributed by atoms with Crippen LogP contribution in [0.5, 0.6) is 5.88 Å². The van der Waals surface area contributed by atoms with Gasteiger partial charge in [0.05, 0.1) is 17.2 Å². The zero-order valence-corrected chi connectivity index (χ0v) is 20.5. The van der Waals surface area contributed by atoms with E-state index in [4.69, 9.17) is 16.3 Å². The first kappa shape index (κ1) is 26.8. The molecule has 0 spiro atoms. The van der Waals surface area contributed by atoms with E-state index in [9.17, 15) is 23.2 Å². The van der Waals surface area contributed by atoms with Crippen LogP contribution in [-0.2, 0) is 17.4 Å². The van der Waals surface area contributed by atoms with Crippen molar-refractivity contribution in [3.05, 3.63) is 99.8 Å². The van der Waals surface area contributed by atoms with E-state index in [1.54, 1.807) is 37.3 Å². The first-order chi connectivity index (χ1) is 16.9. The highest BCUT2D eigenvalue weighted by Gasteiger charge is 2.33. The van der Waals surface area contributed by atoms with Crippen LogP contribution in [0.2, 0.25) is 5.02 Å². The monoisotopic (exact) mass is 513 g/mol. The average molecular weight is 514 g/mol. The summed E-state index contributed by atoms with van der Waals surface area (Å²) in [5, 5.41) is 12.8. The van der Waals surface area contributed by atoms with Crippen molar-refractivity contribution in [1.82, 2.24) is 10.3 Å². The molecule has 3 rings (SSSR count). The third-order valence-corrected chi connectivity index (χ3v) is 5.61. The lowest BCUT2D eigenvalue weighted by atomic mass is 9.95. The number of nitriles is 1. The number of nitrogens with zero attached hydrogens (tertiary/aromatic N) is 2. The molecule has 0 radical (unpaired) electrons. The maximum atomic E-state index is 13.1. The summed E-state index contributed by atoms with van der Waals surface area (Å²) < 4.78 is 44.0. The molecule has 0 aliphatic rings. The summed E-state index contributed by atoms with van der Waals surface area (Å²) in [6.07, 6.45) is -3.43. The van der Waals surface area contributed by atoms with Gasteiger partial charge in [0.1, 0.15) is 0 Å². The summed E-state index contributed by atoms with van der Waals surface area (Å²) in [5.41, 5.74) is 1.10. The van der Waals surface area contributed by atoms with Crippen molar-refractivity contribution in [2.45, 2.75) is 39.0 Å². The van der Waals surface area contributed by atoms with Gasteiger partial charge >= 0.3 is 6.18 Å². The van der Waals surface area contributed by atoms with Crippen LogP contribution in [0.1, 0.15) is 43.0 Å². The normalized spacial score (nSPS) is 12.4. The van der Waals surface area contributed by atoms with Gasteiger partial charge in [-0.2, -0.15) is 18.4 Å². The average Bonchev–Trinajstić information content (AvgIpc) is 2.83. The first-order valence-electron chi connectivity index (χ1n) is 10.9. The van der Waals surface area contributed by atoms with E-state index in [1.807, 2.05) is 18.2 Å². The van der Waals surface area contributed by atoms with E-state index in [0.717, 1.165) is 28.8 Å². The number of aromatic nitrogens is 1. The Bertz CT molecular complexity index is 1310. The van der Waals surface area contributed by atoms with E-state index >= 15 is 0 Å². The minimum atomic E-state index is -4.52. The molecule has 36 heavy (non-hydrogen) atoms. The predicted octanol–water partition coefficient (Wildman–Crippen LogP) is 6.57. The number of carbonyl (C=O) groups excluding carboxylic acids is 1. The molecule has 1 aromatic heterocycles. The van der Waals surface area contributed by atoms with Crippen LogP contribution in [-0.4, -0.2) is 16.5 Å². The molecule has 0 saturated carbocycles. The molecule has 1 heterocycles. The van der Waals surface area contributed by atoms with Gasteiger partial charge < -0.3 is 10.1 Å². The maximum absolute atomic E-state index is 13.1. The fourth-order valence-electron chi connectivity index (χ4n) is 3.35. The largest absolute Gasteiger partial charge is 0.462 e. The summed E-state index contributed by atoms with van der Waals surface area (Å²) in [7, 11) is 0. The van der Waals surface area contributed by atoms with E-state index in [0.29, 0.717) is 28.9 Å². The smallest absolute Gasteiger partial charge is 0.417 e. The molecule has 0 atom stereocenters. The lowest BCUT2D eigenvalue weighted by Gasteiger charge is -2.26. The van der Waals surface area contributed by atoms with Gasteiger partial charge in [0.15, 0.2) is 5.60 Å². The fraction of sp³-hybridized carbons (Fsp3) is 0.222. The van der Waals surface area contributed by atoms with Gasteiger partial charge in [-0.05, 0) is 74.2 Å².